The first-order chi connectivity index (χ1) is 12.2. The van der Waals surface area contributed by atoms with E-state index in [4.69, 9.17) is 0 Å². The van der Waals surface area contributed by atoms with Crippen LogP contribution in [0.2, 0.25) is 0 Å². The molecular weight excluding hydrogens is 318 g/mol. The lowest BCUT2D eigenvalue weighted by atomic mass is 10.1. The van der Waals surface area contributed by atoms with Crippen molar-refractivity contribution in [1.29, 1.82) is 0 Å². The van der Waals surface area contributed by atoms with E-state index in [9.17, 15) is 9.59 Å². The van der Waals surface area contributed by atoms with E-state index >= 15 is 0 Å². The maximum Gasteiger partial charge on any atom is 0.274 e. The highest BCUT2D eigenvalue weighted by molar-refractivity contribution is 6.09. The average Bonchev–Trinajstić information content (AvgIpc) is 3.35. The average molecular weight is 337 g/mol. The van der Waals surface area contributed by atoms with Crippen molar-refractivity contribution in [2.45, 2.75) is 31.7 Å². The van der Waals surface area contributed by atoms with Crippen molar-refractivity contribution in [2.24, 2.45) is 0 Å². The van der Waals surface area contributed by atoms with Crippen LogP contribution < -0.4 is 10.6 Å². The number of amides is 2. The van der Waals surface area contributed by atoms with Crippen molar-refractivity contribution in [2.75, 3.05) is 5.32 Å². The van der Waals surface area contributed by atoms with Crippen LogP contribution in [0.15, 0.2) is 36.7 Å². The number of carbonyl (C=O) groups excluding carboxylic acids is 2. The number of fused-ring (bicyclic) bond motifs is 1. The highest BCUT2D eigenvalue weighted by atomic mass is 16.2. The van der Waals surface area contributed by atoms with Crippen LogP contribution in [0.4, 0.5) is 5.69 Å². The molecule has 1 fully saturated rings. The van der Waals surface area contributed by atoms with E-state index in [1.165, 1.54) is 6.20 Å². The van der Waals surface area contributed by atoms with Gasteiger partial charge in [-0.3, -0.25) is 14.7 Å². The predicted molar refractivity (Wildman–Crippen MR) is 94.6 cm³/mol. The Kier molecular flexibility index (Phi) is 3.97. The van der Waals surface area contributed by atoms with Crippen LogP contribution in [0.25, 0.3) is 10.9 Å². The molecule has 0 atom stereocenters. The summed E-state index contributed by atoms with van der Waals surface area (Å²) in [5.41, 5.74) is 2.09. The van der Waals surface area contributed by atoms with E-state index < -0.39 is 0 Å². The first kappa shape index (κ1) is 15.4. The summed E-state index contributed by atoms with van der Waals surface area (Å²) in [6.45, 7) is 0. The Morgan fingerprint density at radius 2 is 1.96 bits per heavy atom. The Morgan fingerprint density at radius 3 is 2.80 bits per heavy atom. The maximum atomic E-state index is 12.5. The molecule has 1 aliphatic carbocycles. The molecule has 2 aromatic heterocycles. The second-order valence-corrected chi connectivity index (χ2v) is 6.34. The minimum absolute atomic E-state index is 0.198. The first-order valence-corrected chi connectivity index (χ1v) is 8.44. The molecule has 1 aliphatic rings. The third-order valence-corrected chi connectivity index (χ3v) is 4.61. The molecule has 128 valence electrons. The van der Waals surface area contributed by atoms with Crippen molar-refractivity contribution in [3.63, 3.8) is 0 Å². The zero-order valence-corrected chi connectivity index (χ0v) is 13.6. The highest BCUT2D eigenvalue weighted by Crippen LogP contribution is 2.20. The van der Waals surface area contributed by atoms with Gasteiger partial charge in [-0.05, 0) is 37.1 Å². The number of nitrogens with one attached hydrogen (secondary N) is 4. The molecule has 0 aliphatic heterocycles. The summed E-state index contributed by atoms with van der Waals surface area (Å²) in [5, 5.41) is 13.3. The molecule has 3 aromatic rings. The minimum atomic E-state index is -0.278. The van der Waals surface area contributed by atoms with Gasteiger partial charge in [-0.25, -0.2) is 0 Å². The maximum absolute atomic E-state index is 12.5. The molecule has 7 heteroatoms. The second kappa shape index (κ2) is 6.43. The quantitative estimate of drug-likeness (QED) is 0.588. The van der Waals surface area contributed by atoms with E-state index in [0.29, 0.717) is 11.3 Å². The van der Waals surface area contributed by atoms with Crippen molar-refractivity contribution >= 4 is 28.4 Å². The lowest BCUT2D eigenvalue weighted by molar-refractivity contribution is 0.0933. The molecule has 0 saturated heterocycles. The van der Waals surface area contributed by atoms with Gasteiger partial charge in [-0.15, -0.1) is 0 Å². The third kappa shape index (κ3) is 3.13. The van der Waals surface area contributed by atoms with E-state index in [2.05, 4.69) is 25.8 Å². The van der Waals surface area contributed by atoms with Gasteiger partial charge in [0.1, 0.15) is 0 Å². The van der Waals surface area contributed by atoms with Crippen LogP contribution in [0.5, 0.6) is 0 Å². The standard InChI is InChI=1S/C18H19N5O2/c24-17(12-5-6-14-11(9-12)7-8-19-14)22-15-10-20-23-16(15)18(25)21-13-3-1-2-4-13/h5-10,13,19H,1-4H2,(H,20,23)(H,21,25)(H,22,24). The Balaban J connectivity index is 1.49. The number of carbonyl (C=O) groups is 2. The molecule has 4 N–H and O–H groups in total. The van der Waals surface area contributed by atoms with Crippen LogP contribution in [0.1, 0.15) is 46.5 Å². The van der Waals surface area contributed by atoms with E-state index in [0.717, 1.165) is 36.6 Å². The number of benzene rings is 1. The van der Waals surface area contributed by atoms with Crippen molar-refractivity contribution < 1.29 is 9.59 Å². The molecule has 7 nitrogen and oxygen atoms in total. The number of nitrogens with zero attached hydrogens (tertiary/aromatic N) is 1. The second-order valence-electron chi connectivity index (χ2n) is 6.34. The number of hydrogen-bond acceptors (Lipinski definition) is 3. The van der Waals surface area contributed by atoms with Crippen LogP contribution in [-0.4, -0.2) is 33.0 Å². The molecular formula is C18H19N5O2. The molecule has 1 saturated carbocycles. The molecule has 0 bridgehead atoms. The van der Waals surface area contributed by atoms with Crippen LogP contribution in [-0.2, 0) is 0 Å². The fourth-order valence-corrected chi connectivity index (χ4v) is 3.27. The van der Waals surface area contributed by atoms with Gasteiger partial charge in [0, 0.05) is 34.9 Å². The topological polar surface area (TPSA) is 103 Å². The van der Waals surface area contributed by atoms with Gasteiger partial charge < -0.3 is 15.6 Å². The summed E-state index contributed by atoms with van der Waals surface area (Å²) >= 11 is 0. The van der Waals surface area contributed by atoms with Crippen LogP contribution >= 0.6 is 0 Å². The molecule has 1 aromatic carbocycles. The smallest absolute Gasteiger partial charge is 0.274 e. The summed E-state index contributed by atoms with van der Waals surface area (Å²) in [7, 11) is 0. The fourth-order valence-electron chi connectivity index (χ4n) is 3.27. The Labute approximate surface area is 144 Å². The number of hydrogen-bond donors (Lipinski definition) is 4. The summed E-state index contributed by atoms with van der Waals surface area (Å²) in [6, 6.07) is 7.51. The number of anilines is 1. The number of H-pyrrole nitrogens is 2. The van der Waals surface area contributed by atoms with Gasteiger partial charge in [-0.1, -0.05) is 12.8 Å². The first-order valence-electron chi connectivity index (χ1n) is 8.44. The zero-order chi connectivity index (χ0) is 17.2. The van der Waals surface area contributed by atoms with E-state index in [-0.39, 0.29) is 23.6 Å². The summed E-state index contributed by atoms with van der Waals surface area (Å²) in [5.74, 6) is -0.538. The Morgan fingerprint density at radius 1 is 1.12 bits per heavy atom. The molecule has 25 heavy (non-hydrogen) atoms. The monoisotopic (exact) mass is 337 g/mol. The van der Waals surface area contributed by atoms with Gasteiger partial charge in [0.2, 0.25) is 0 Å². The van der Waals surface area contributed by atoms with Crippen LogP contribution in [0.3, 0.4) is 0 Å². The summed E-state index contributed by atoms with van der Waals surface area (Å²) in [6.07, 6.45) is 7.61. The lowest BCUT2D eigenvalue weighted by Gasteiger charge is -2.11. The molecule has 2 amide bonds. The van der Waals surface area contributed by atoms with Gasteiger partial charge in [0.15, 0.2) is 5.69 Å². The largest absolute Gasteiger partial charge is 0.361 e. The van der Waals surface area contributed by atoms with Crippen LogP contribution in [0, 0.1) is 0 Å². The van der Waals surface area contributed by atoms with Gasteiger partial charge in [0.25, 0.3) is 11.8 Å². The van der Waals surface area contributed by atoms with Crippen molar-refractivity contribution in [1.82, 2.24) is 20.5 Å². The molecule has 0 unspecified atom stereocenters. The van der Waals surface area contributed by atoms with Crippen molar-refractivity contribution in [3.05, 3.63) is 47.9 Å². The molecule has 4 rings (SSSR count). The number of rotatable bonds is 4. The summed E-state index contributed by atoms with van der Waals surface area (Å²) < 4.78 is 0. The molecule has 2 heterocycles. The number of aromatic amines is 2. The van der Waals surface area contributed by atoms with E-state index in [1.807, 2.05) is 18.3 Å². The Hall–Kier alpha value is -3.09. The fraction of sp³-hybridized carbons (Fsp3) is 0.278. The van der Waals surface area contributed by atoms with Gasteiger partial charge in [-0.2, -0.15) is 5.10 Å². The third-order valence-electron chi connectivity index (χ3n) is 4.61. The normalized spacial score (nSPS) is 14.7. The SMILES string of the molecule is O=C(Nc1c[nH]nc1C(=O)NC1CCCC1)c1ccc2[nH]ccc2c1. The zero-order valence-electron chi connectivity index (χ0n) is 13.6. The van der Waals surface area contributed by atoms with Gasteiger partial charge in [0.05, 0.1) is 5.69 Å². The highest BCUT2D eigenvalue weighted by Gasteiger charge is 2.22. The van der Waals surface area contributed by atoms with Gasteiger partial charge >= 0.3 is 0 Å². The predicted octanol–water partition coefficient (Wildman–Crippen LogP) is 2.82. The molecule has 0 spiro atoms. The molecule has 0 radical (unpaired) electrons. The van der Waals surface area contributed by atoms with E-state index in [1.54, 1.807) is 12.1 Å². The Bertz CT molecular complexity index is 920. The number of aromatic nitrogens is 3. The lowest BCUT2D eigenvalue weighted by Crippen LogP contribution is -2.33. The summed E-state index contributed by atoms with van der Waals surface area (Å²) in [4.78, 5) is 28.0. The van der Waals surface area contributed by atoms with Crippen molar-refractivity contribution in [3.8, 4) is 0 Å². The minimum Gasteiger partial charge on any atom is -0.361 e.